The van der Waals surface area contributed by atoms with E-state index in [2.05, 4.69) is 15.1 Å². The van der Waals surface area contributed by atoms with Gasteiger partial charge < -0.3 is 9.26 Å². The summed E-state index contributed by atoms with van der Waals surface area (Å²) in [5.74, 6) is -0.116. The normalized spacial score (nSPS) is 11.0. The minimum Gasteiger partial charge on any atom is -0.454 e. The maximum absolute atomic E-state index is 12.1. The van der Waals surface area contributed by atoms with Crippen LogP contribution in [0.15, 0.2) is 55.9 Å². The second-order valence-corrected chi connectivity index (χ2v) is 6.46. The minimum absolute atomic E-state index is 0.144. The van der Waals surface area contributed by atoms with Crippen molar-refractivity contribution in [1.29, 1.82) is 0 Å². The SMILES string of the molecule is O=C(Cn1c(=O)[nH]c(=O)c2ccccc21)OCc1nc(-c2cccs2)no1. The first-order valence-corrected chi connectivity index (χ1v) is 8.74. The number of nitrogens with one attached hydrogen (secondary N) is 1. The average Bonchev–Trinajstić information content (AvgIpc) is 3.35. The number of H-pyrrole nitrogens is 1. The van der Waals surface area contributed by atoms with Gasteiger partial charge in [-0.15, -0.1) is 11.3 Å². The van der Waals surface area contributed by atoms with Crippen LogP contribution < -0.4 is 11.2 Å². The summed E-state index contributed by atoms with van der Waals surface area (Å²) in [6.45, 7) is -0.574. The van der Waals surface area contributed by atoms with E-state index in [4.69, 9.17) is 9.26 Å². The predicted molar refractivity (Wildman–Crippen MR) is 96.2 cm³/mol. The summed E-state index contributed by atoms with van der Waals surface area (Å²) >= 11 is 1.46. The number of fused-ring (bicyclic) bond motifs is 1. The van der Waals surface area contributed by atoms with Crippen molar-refractivity contribution in [2.24, 2.45) is 0 Å². The van der Waals surface area contributed by atoms with Gasteiger partial charge in [0.2, 0.25) is 5.82 Å². The molecule has 3 aromatic heterocycles. The lowest BCUT2D eigenvalue weighted by molar-refractivity contribution is -0.146. The van der Waals surface area contributed by atoms with Crippen molar-refractivity contribution in [2.45, 2.75) is 13.2 Å². The third-order valence-electron chi connectivity index (χ3n) is 3.76. The van der Waals surface area contributed by atoms with E-state index in [0.29, 0.717) is 16.7 Å². The van der Waals surface area contributed by atoms with Crippen LogP contribution in [0.25, 0.3) is 21.6 Å². The van der Waals surface area contributed by atoms with Crippen LogP contribution in [-0.2, 0) is 22.7 Å². The molecule has 0 spiro atoms. The molecule has 0 bridgehead atoms. The van der Waals surface area contributed by atoms with Crippen molar-refractivity contribution < 1.29 is 14.1 Å². The Balaban J connectivity index is 1.48. The van der Waals surface area contributed by atoms with Crippen LogP contribution >= 0.6 is 11.3 Å². The monoisotopic (exact) mass is 384 g/mol. The van der Waals surface area contributed by atoms with Gasteiger partial charge in [-0.1, -0.05) is 23.4 Å². The van der Waals surface area contributed by atoms with Gasteiger partial charge >= 0.3 is 11.7 Å². The van der Waals surface area contributed by atoms with Gasteiger partial charge in [-0.2, -0.15) is 4.98 Å². The number of nitrogens with zero attached hydrogens (tertiary/aromatic N) is 3. The van der Waals surface area contributed by atoms with E-state index in [9.17, 15) is 14.4 Å². The number of aromatic amines is 1. The number of aromatic nitrogens is 4. The molecule has 0 saturated carbocycles. The number of rotatable bonds is 5. The number of benzene rings is 1. The number of ether oxygens (including phenoxy) is 1. The Kier molecular flexibility index (Phi) is 4.38. The van der Waals surface area contributed by atoms with Gasteiger partial charge in [-0.05, 0) is 23.6 Å². The van der Waals surface area contributed by atoms with Gasteiger partial charge in [0.1, 0.15) is 6.54 Å². The van der Waals surface area contributed by atoms with E-state index in [-0.39, 0.29) is 19.0 Å². The van der Waals surface area contributed by atoms with E-state index in [1.54, 1.807) is 24.3 Å². The molecule has 3 heterocycles. The van der Waals surface area contributed by atoms with Gasteiger partial charge in [0, 0.05) is 0 Å². The van der Waals surface area contributed by atoms with Crippen molar-refractivity contribution in [3.8, 4) is 10.7 Å². The quantitative estimate of drug-likeness (QED) is 0.518. The van der Waals surface area contributed by atoms with Crippen LogP contribution in [0.5, 0.6) is 0 Å². The highest BCUT2D eigenvalue weighted by molar-refractivity contribution is 7.13. The summed E-state index contributed by atoms with van der Waals surface area (Å²) in [4.78, 5) is 43.2. The molecular weight excluding hydrogens is 372 g/mol. The summed E-state index contributed by atoms with van der Waals surface area (Å²) in [6, 6.07) is 10.2. The van der Waals surface area contributed by atoms with Crippen molar-refractivity contribution in [3.63, 3.8) is 0 Å². The standard InChI is InChI=1S/C17H12N4O5S/c22-14(25-9-13-18-15(20-26-13)12-6-3-7-27-12)8-21-11-5-2-1-4-10(11)16(23)19-17(21)24/h1-7H,8-9H2,(H,19,23,24). The van der Waals surface area contributed by atoms with E-state index in [0.717, 1.165) is 9.44 Å². The Morgan fingerprint density at radius 3 is 2.89 bits per heavy atom. The number of hydrogen-bond acceptors (Lipinski definition) is 8. The number of esters is 1. The first-order chi connectivity index (χ1) is 13.1. The van der Waals surface area contributed by atoms with E-state index < -0.39 is 17.2 Å². The number of thiophene rings is 1. The van der Waals surface area contributed by atoms with Crippen LogP contribution in [0.3, 0.4) is 0 Å². The van der Waals surface area contributed by atoms with Crippen molar-refractivity contribution in [1.82, 2.24) is 19.7 Å². The molecule has 0 fully saturated rings. The average molecular weight is 384 g/mol. The van der Waals surface area contributed by atoms with Crippen LogP contribution in [0.1, 0.15) is 5.89 Å². The molecule has 0 aliphatic carbocycles. The summed E-state index contributed by atoms with van der Waals surface area (Å²) in [5, 5.41) is 6.02. The molecular formula is C17H12N4O5S. The fourth-order valence-corrected chi connectivity index (χ4v) is 3.18. The predicted octanol–water partition coefficient (Wildman–Crippen LogP) is 1.54. The lowest BCUT2D eigenvalue weighted by atomic mass is 10.2. The first kappa shape index (κ1) is 16.9. The molecule has 0 aliphatic heterocycles. The molecule has 9 nitrogen and oxygen atoms in total. The summed E-state index contributed by atoms with van der Waals surface area (Å²) < 4.78 is 11.3. The maximum Gasteiger partial charge on any atom is 0.329 e. The molecule has 136 valence electrons. The van der Waals surface area contributed by atoms with Crippen molar-refractivity contribution >= 4 is 28.2 Å². The summed E-state index contributed by atoms with van der Waals surface area (Å²) in [6.07, 6.45) is 0. The lowest BCUT2D eigenvalue weighted by Gasteiger charge is -2.08. The highest BCUT2D eigenvalue weighted by atomic mass is 32.1. The Bertz CT molecular complexity index is 1220. The van der Waals surface area contributed by atoms with Crippen LogP contribution in [-0.4, -0.2) is 25.7 Å². The zero-order valence-electron chi connectivity index (χ0n) is 13.7. The van der Waals surface area contributed by atoms with Crippen molar-refractivity contribution in [2.75, 3.05) is 0 Å². The fraction of sp³-hybridized carbons (Fsp3) is 0.118. The molecule has 1 N–H and O–H groups in total. The van der Waals surface area contributed by atoms with Gasteiger partial charge in [-0.25, -0.2) is 4.79 Å². The number of hydrogen-bond donors (Lipinski definition) is 1. The topological polar surface area (TPSA) is 120 Å². The third kappa shape index (κ3) is 3.42. The van der Waals surface area contributed by atoms with Gasteiger partial charge in [0.25, 0.3) is 11.4 Å². The number of para-hydroxylation sites is 1. The Morgan fingerprint density at radius 2 is 2.07 bits per heavy atom. The molecule has 0 unspecified atom stereocenters. The molecule has 27 heavy (non-hydrogen) atoms. The molecule has 10 heteroatoms. The second kappa shape index (κ2) is 7.00. The lowest BCUT2D eigenvalue weighted by Crippen LogP contribution is -2.32. The molecule has 0 saturated heterocycles. The minimum atomic E-state index is -0.687. The third-order valence-corrected chi connectivity index (χ3v) is 4.62. The Labute approximate surface area is 154 Å². The van der Waals surface area contributed by atoms with Crippen LogP contribution in [0.2, 0.25) is 0 Å². The van der Waals surface area contributed by atoms with Crippen LogP contribution in [0.4, 0.5) is 0 Å². The van der Waals surface area contributed by atoms with Gasteiger partial charge in [0.05, 0.1) is 15.8 Å². The first-order valence-electron chi connectivity index (χ1n) is 7.86. The highest BCUT2D eigenvalue weighted by Crippen LogP contribution is 2.21. The molecule has 0 amide bonds. The number of carbonyl (C=O) groups is 1. The van der Waals surface area contributed by atoms with Gasteiger partial charge in [0.15, 0.2) is 6.61 Å². The molecule has 4 rings (SSSR count). The summed E-state index contributed by atoms with van der Waals surface area (Å²) in [7, 11) is 0. The van der Waals surface area contributed by atoms with Crippen molar-refractivity contribution in [3.05, 3.63) is 68.5 Å². The molecule has 0 radical (unpaired) electrons. The molecule has 1 aromatic carbocycles. The second-order valence-electron chi connectivity index (χ2n) is 5.51. The highest BCUT2D eigenvalue weighted by Gasteiger charge is 2.14. The number of carbonyl (C=O) groups excluding carboxylic acids is 1. The summed E-state index contributed by atoms with van der Waals surface area (Å²) in [5.41, 5.74) is -0.846. The molecule has 0 atom stereocenters. The maximum atomic E-state index is 12.1. The smallest absolute Gasteiger partial charge is 0.329 e. The van der Waals surface area contributed by atoms with Gasteiger partial charge in [-0.3, -0.25) is 19.1 Å². The van der Waals surface area contributed by atoms with E-state index in [1.807, 2.05) is 17.5 Å². The fourth-order valence-electron chi connectivity index (χ4n) is 2.54. The molecule has 4 aromatic rings. The zero-order valence-corrected chi connectivity index (χ0v) is 14.6. The largest absolute Gasteiger partial charge is 0.454 e. The van der Waals surface area contributed by atoms with E-state index in [1.165, 1.54) is 11.3 Å². The Hall–Kier alpha value is -3.53. The molecule has 0 aliphatic rings. The van der Waals surface area contributed by atoms with E-state index >= 15 is 0 Å². The van der Waals surface area contributed by atoms with Crippen LogP contribution in [0, 0.1) is 0 Å². The zero-order chi connectivity index (χ0) is 18.8. The Morgan fingerprint density at radius 1 is 1.22 bits per heavy atom.